The van der Waals surface area contributed by atoms with Gasteiger partial charge in [0.25, 0.3) is 5.91 Å². The number of fused-ring (bicyclic) bond motifs is 1. The number of carbonyl (C=O) groups is 1. The fourth-order valence-electron chi connectivity index (χ4n) is 2.85. The molecule has 6 heteroatoms. The van der Waals surface area contributed by atoms with Gasteiger partial charge in [0, 0.05) is 18.7 Å². The number of nitrogen functional groups attached to an aromatic ring is 1. The molecule has 1 amide bonds. The largest absolute Gasteiger partial charge is 0.467 e. The number of nitrogens with two attached hydrogens (primary N) is 1. The SMILES string of the molecule is COc1nc(N)c2c(n1)CCN(c1cccc(C(C)(C)C)c1)C2=O. The molecular weight excluding hydrogens is 304 g/mol. The van der Waals surface area contributed by atoms with E-state index in [2.05, 4.69) is 42.9 Å². The molecule has 0 radical (unpaired) electrons. The second-order valence-corrected chi connectivity index (χ2v) is 6.92. The molecule has 0 fully saturated rings. The number of rotatable bonds is 2. The van der Waals surface area contributed by atoms with Gasteiger partial charge < -0.3 is 15.4 Å². The minimum absolute atomic E-state index is 0.0161. The summed E-state index contributed by atoms with van der Waals surface area (Å²) in [6.07, 6.45) is 0.615. The third kappa shape index (κ3) is 2.79. The van der Waals surface area contributed by atoms with Gasteiger partial charge in [-0.25, -0.2) is 0 Å². The van der Waals surface area contributed by atoms with Crippen LogP contribution in [0.3, 0.4) is 0 Å². The number of amides is 1. The summed E-state index contributed by atoms with van der Waals surface area (Å²) in [6.45, 7) is 7.01. The van der Waals surface area contributed by atoms with E-state index in [1.54, 1.807) is 4.90 Å². The van der Waals surface area contributed by atoms with Gasteiger partial charge in [0.2, 0.25) is 0 Å². The highest BCUT2D eigenvalue weighted by molar-refractivity contribution is 6.10. The predicted molar refractivity (Wildman–Crippen MR) is 93.5 cm³/mol. The number of hydrogen-bond acceptors (Lipinski definition) is 5. The van der Waals surface area contributed by atoms with E-state index in [9.17, 15) is 4.79 Å². The molecule has 1 aromatic carbocycles. The average molecular weight is 326 g/mol. The lowest BCUT2D eigenvalue weighted by Crippen LogP contribution is -2.39. The van der Waals surface area contributed by atoms with Crippen LogP contribution in [0.2, 0.25) is 0 Å². The van der Waals surface area contributed by atoms with Crippen molar-refractivity contribution in [3.63, 3.8) is 0 Å². The number of ether oxygens (including phenoxy) is 1. The number of hydrogen-bond donors (Lipinski definition) is 1. The Morgan fingerprint density at radius 1 is 1.25 bits per heavy atom. The highest BCUT2D eigenvalue weighted by Gasteiger charge is 2.30. The van der Waals surface area contributed by atoms with Crippen LogP contribution in [0.5, 0.6) is 6.01 Å². The fraction of sp³-hybridized carbons (Fsp3) is 0.389. The zero-order valence-corrected chi connectivity index (χ0v) is 14.5. The Kier molecular flexibility index (Phi) is 3.91. The Balaban J connectivity index is 2.00. The summed E-state index contributed by atoms with van der Waals surface area (Å²) < 4.78 is 5.03. The Labute approximate surface area is 141 Å². The number of methoxy groups -OCH3 is 1. The maximum atomic E-state index is 12.9. The first-order valence-electron chi connectivity index (χ1n) is 7.94. The van der Waals surface area contributed by atoms with Gasteiger partial charge in [0.1, 0.15) is 11.4 Å². The van der Waals surface area contributed by atoms with Crippen LogP contribution in [-0.2, 0) is 11.8 Å². The summed E-state index contributed by atoms with van der Waals surface area (Å²) in [5, 5.41) is 0. The van der Waals surface area contributed by atoms with Gasteiger partial charge in [-0.1, -0.05) is 32.9 Å². The fourth-order valence-corrected chi connectivity index (χ4v) is 2.85. The third-order valence-corrected chi connectivity index (χ3v) is 4.23. The first-order chi connectivity index (χ1) is 11.3. The van der Waals surface area contributed by atoms with Crippen LogP contribution in [-0.4, -0.2) is 29.5 Å². The zero-order valence-electron chi connectivity index (χ0n) is 14.5. The lowest BCUT2D eigenvalue weighted by atomic mass is 9.86. The molecule has 0 spiro atoms. The summed E-state index contributed by atoms with van der Waals surface area (Å²) in [4.78, 5) is 23.0. The predicted octanol–water partition coefficient (Wildman–Crippen LogP) is 2.57. The van der Waals surface area contributed by atoms with Crippen molar-refractivity contribution >= 4 is 17.4 Å². The number of benzene rings is 1. The van der Waals surface area contributed by atoms with Gasteiger partial charge in [-0.2, -0.15) is 9.97 Å². The second-order valence-electron chi connectivity index (χ2n) is 6.92. The van der Waals surface area contributed by atoms with Crippen molar-refractivity contribution < 1.29 is 9.53 Å². The molecule has 2 N–H and O–H groups in total. The molecule has 0 saturated heterocycles. The number of carbonyl (C=O) groups excluding carboxylic acids is 1. The van der Waals surface area contributed by atoms with Crippen LogP contribution >= 0.6 is 0 Å². The summed E-state index contributed by atoms with van der Waals surface area (Å²) in [5.74, 6) is 0.000915. The van der Waals surface area contributed by atoms with E-state index < -0.39 is 0 Å². The Morgan fingerprint density at radius 2 is 2.00 bits per heavy atom. The van der Waals surface area contributed by atoms with Crippen molar-refractivity contribution in [1.29, 1.82) is 0 Å². The van der Waals surface area contributed by atoms with Crippen molar-refractivity contribution in [1.82, 2.24) is 9.97 Å². The van der Waals surface area contributed by atoms with Gasteiger partial charge in [-0.05, 0) is 23.1 Å². The normalized spacial score (nSPS) is 14.5. The lowest BCUT2D eigenvalue weighted by molar-refractivity contribution is 0.0980. The molecule has 2 aromatic rings. The molecule has 0 atom stereocenters. The van der Waals surface area contributed by atoms with Gasteiger partial charge in [-0.3, -0.25) is 4.79 Å². The van der Waals surface area contributed by atoms with Crippen LogP contribution in [0.1, 0.15) is 42.4 Å². The average Bonchev–Trinajstić information content (AvgIpc) is 2.54. The number of anilines is 2. The van der Waals surface area contributed by atoms with Crippen molar-refractivity contribution in [2.24, 2.45) is 0 Å². The minimum atomic E-state index is -0.164. The molecule has 0 unspecified atom stereocenters. The van der Waals surface area contributed by atoms with Gasteiger partial charge in [-0.15, -0.1) is 0 Å². The van der Waals surface area contributed by atoms with E-state index in [-0.39, 0.29) is 23.2 Å². The lowest BCUT2D eigenvalue weighted by Gasteiger charge is -2.30. The summed E-state index contributed by atoms with van der Waals surface area (Å²) in [7, 11) is 1.48. The molecule has 24 heavy (non-hydrogen) atoms. The molecule has 0 saturated carbocycles. The first kappa shape index (κ1) is 16.2. The Morgan fingerprint density at radius 3 is 2.67 bits per heavy atom. The summed E-state index contributed by atoms with van der Waals surface area (Å²) in [6, 6.07) is 8.26. The van der Waals surface area contributed by atoms with Crippen molar-refractivity contribution in [3.8, 4) is 6.01 Å². The third-order valence-electron chi connectivity index (χ3n) is 4.23. The van der Waals surface area contributed by atoms with Crippen LogP contribution in [0.4, 0.5) is 11.5 Å². The zero-order chi connectivity index (χ0) is 17.5. The minimum Gasteiger partial charge on any atom is -0.467 e. The topological polar surface area (TPSA) is 81.3 Å². The number of nitrogens with zero attached hydrogens (tertiary/aromatic N) is 3. The van der Waals surface area contributed by atoms with E-state index in [4.69, 9.17) is 10.5 Å². The Hall–Kier alpha value is -2.63. The molecular formula is C18H22N4O2. The molecule has 3 rings (SSSR count). The van der Waals surface area contributed by atoms with Gasteiger partial charge in [0.05, 0.1) is 12.8 Å². The smallest absolute Gasteiger partial charge is 0.318 e. The summed E-state index contributed by atoms with van der Waals surface area (Å²) >= 11 is 0. The molecule has 126 valence electrons. The van der Waals surface area contributed by atoms with E-state index >= 15 is 0 Å². The molecule has 0 aliphatic carbocycles. The van der Waals surface area contributed by atoms with E-state index in [0.717, 1.165) is 5.69 Å². The molecule has 1 aliphatic heterocycles. The molecule has 0 bridgehead atoms. The van der Waals surface area contributed by atoms with Crippen LogP contribution in [0, 0.1) is 0 Å². The highest BCUT2D eigenvalue weighted by atomic mass is 16.5. The van der Waals surface area contributed by atoms with Crippen molar-refractivity contribution in [3.05, 3.63) is 41.1 Å². The van der Waals surface area contributed by atoms with Crippen molar-refractivity contribution in [2.45, 2.75) is 32.6 Å². The maximum Gasteiger partial charge on any atom is 0.318 e. The molecule has 6 nitrogen and oxygen atoms in total. The molecule has 1 aliphatic rings. The van der Waals surface area contributed by atoms with Crippen molar-refractivity contribution in [2.75, 3.05) is 24.3 Å². The van der Waals surface area contributed by atoms with Crippen LogP contribution in [0.25, 0.3) is 0 Å². The monoisotopic (exact) mass is 326 g/mol. The first-order valence-corrected chi connectivity index (χ1v) is 7.94. The van der Waals surface area contributed by atoms with Crippen LogP contribution < -0.4 is 15.4 Å². The second kappa shape index (κ2) is 5.78. The molecule has 2 heterocycles. The van der Waals surface area contributed by atoms with E-state index in [1.807, 2.05) is 12.1 Å². The Bertz CT molecular complexity index is 796. The molecule has 1 aromatic heterocycles. The summed E-state index contributed by atoms with van der Waals surface area (Å²) in [5.41, 5.74) is 9.06. The maximum absolute atomic E-state index is 12.9. The van der Waals surface area contributed by atoms with Gasteiger partial charge >= 0.3 is 6.01 Å². The van der Waals surface area contributed by atoms with Gasteiger partial charge in [0.15, 0.2) is 0 Å². The highest BCUT2D eigenvalue weighted by Crippen LogP contribution is 2.30. The van der Waals surface area contributed by atoms with E-state index in [1.165, 1.54) is 12.7 Å². The quantitative estimate of drug-likeness (QED) is 0.917. The standard InChI is InChI=1S/C18H22N4O2/c1-18(2,3)11-6-5-7-12(10-11)22-9-8-13-14(16(22)23)15(19)21-17(20-13)24-4/h5-7,10H,8-9H2,1-4H3,(H2,19,20,21). The van der Waals surface area contributed by atoms with Crippen LogP contribution in [0.15, 0.2) is 24.3 Å². The van der Waals surface area contributed by atoms with E-state index in [0.29, 0.717) is 24.2 Å². The number of aromatic nitrogens is 2.